The van der Waals surface area contributed by atoms with E-state index in [1.54, 1.807) is 25.3 Å². The Morgan fingerprint density at radius 2 is 2.04 bits per heavy atom. The standard InChI is InChI=1S/C19H28N4O3/c1-22(17(13-26-2)16-5-3-4-10-20-16)19(25)21-15-8-11-23(12-9-15)18(24)14-6-7-14/h3-5,10,14-15,17H,6-9,11-13H2,1-2H3,(H,21,25). The molecule has 1 N–H and O–H groups in total. The van der Waals surface area contributed by atoms with E-state index < -0.39 is 0 Å². The van der Waals surface area contributed by atoms with E-state index in [0.717, 1.165) is 44.5 Å². The van der Waals surface area contributed by atoms with Gasteiger partial charge in [-0.1, -0.05) is 6.07 Å². The number of urea groups is 1. The first-order valence-electron chi connectivity index (χ1n) is 9.32. The molecule has 3 rings (SSSR count). The summed E-state index contributed by atoms with van der Waals surface area (Å²) in [7, 11) is 3.38. The maximum atomic E-state index is 12.7. The second-order valence-electron chi connectivity index (χ2n) is 7.16. The summed E-state index contributed by atoms with van der Waals surface area (Å²) in [5, 5.41) is 3.10. The van der Waals surface area contributed by atoms with Crippen LogP contribution >= 0.6 is 0 Å². The fourth-order valence-electron chi connectivity index (χ4n) is 3.38. The summed E-state index contributed by atoms with van der Waals surface area (Å²) in [4.78, 5) is 32.8. The highest BCUT2D eigenvalue weighted by Gasteiger charge is 2.35. The minimum Gasteiger partial charge on any atom is -0.382 e. The normalized spacial score (nSPS) is 19.1. The molecule has 2 heterocycles. The average Bonchev–Trinajstić information content (AvgIpc) is 3.51. The zero-order valence-electron chi connectivity index (χ0n) is 15.6. The molecule has 26 heavy (non-hydrogen) atoms. The largest absolute Gasteiger partial charge is 0.382 e. The molecule has 0 aromatic carbocycles. The molecule has 1 saturated heterocycles. The lowest BCUT2D eigenvalue weighted by molar-refractivity contribution is -0.133. The number of nitrogens with one attached hydrogen (secondary N) is 1. The molecule has 2 aliphatic rings. The van der Waals surface area contributed by atoms with Gasteiger partial charge in [0.05, 0.1) is 18.3 Å². The molecule has 1 aromatic rings. The number of aromatic nitrogens is 1. The minimum absolute atomic E-state index is 0.0973. The SMILES string of the molecule is COCC(c1ccccn1)N(C)C(=O)NC1CCN(C(=O)C2CC2)CC1. The smallest absolute Gasteiger partial charge is 0.318 e. The number of nitrogens with zero attached hydrogens (tertiary/aromatic N) is 3. The van der Waals surface area contributed by atoms with Crippen molar-refractivity contribution in [3.8, 4) is 0 Å². The van der Waals surface area contributed by atoms with Gasteiger partial charge in [-0.15, -0.1) is 0 Å². The maximum Gasteiger partial charge on any atom is 0.318 e. The summed E-state index contributed by atoms with van der Waals surface area (Å²) in [5.74, 6) is 0.558. The number of piperidine rings is 1. The summed E-state index contributed by atoms with van der Waals surface area (Å²) in [6, 6.07) is 5.38. The van der Waals surface area contributed by atoms with Gasteiger partial charge in [0.25, 0.3) is 0 Å². The Hall–Kier alpha value is -2.15. The number of methoxy groups -OCH3 is 1. The van der Waals surface area contributed by atoms with Gasteiger partial charge in [0.2, 0.25) is 5.91 Å². The van der Waals surface area contributed by atoms with Crippen molar-refractivity contribution in [3.05, 3.63) is 30.1 Å². The first-order chi connectivity index (χ1) is 12.6. The third kappa shape index (κ3) is 4.52. The summed E-state index contributed by atoms with van der Waals surface area (Å²) < 4.78 is 5.28. The van der Waals surface area contributed by atoms with Crippen LogP contribution in [0, 0.1) is 5.92 Å². The number of hydrogen-bond donors (Lipinski definition) is 1. The first-order valence-corrected chi connectivity index (χ1v) is 9.32. The second kappa shape index (κ2) is 8.49. The lowest BCUT2D eigenvalue weighted by atomic mass is 10.0. The van der Waals surface area contributed by atoms with Gasteiger partial charge in [0.1, 0.15) is 0 Å². The predicted molar refractivity (Wildman–Crippen MR) is 97.5 cm³/mol. The highest BCUT2D eigenvalue weighted by atomic mass is 16.5. The van der Waals surface area contributed by atoms with Crippen molar-refractivity contribution in [1.29, 1.82) is 0 Å². The molecule has 1 unspecified atom stereocenters. The molecular weight excluding hydrogens is 332 g/mol. The Morgan fingerprint density at radius 1 is 1.31 bits per heavy atom. The fourth-order valence-corrected chi connectivity index (χ4v) is 3.38. The van der Waals surface area contributed by atoms with E-state index in [0.29, 0.717) is 12.5 Å². The van der Waals surface area contributed by atoms with Crippen LogP contribution in [0.15, 0.2) is 24.4 Å². The zero-order valence-corrected chi connectivity index (χ0v) is 15.6. The second-order valence-corrected chi connectivity index (χ2v) is 7.16. The van der Waals surface area contributed by atoms with Crippen LogP contribution in [0.4, 0.5) is 4.79 Å². The van der Waals surface area contributed by atoms with Gasteiger partial charge < -0.3 is 19.9 Å². The monoisotopic (exact) mass is 360 g/mol. The van der Waals surface area contributed by atoms with Gasteiger partial charge in [-0.05, 0) is 37.8 Å². The maximum absolute atomic E-state index is 12.7. The van der Waals surface area contributed by atoms with Crippen molar-refractivity contribution < 1.29 is 14.3 Å². The van der Waals surface area contributed by atoms with Crippen molar-refractivity contribution in [2.45, 2.75) is 37.8 Å². The van der Waals surface area contributed by atoms with Gasteiger partial charge >= 0.3 is 6.03 Å². The van der Waals surface area contributed by atoms with Crippen LogP contribution in [0.2, 0.25) is 0 Å². The molecule has 3 amide bonds. The number of rotatable bonds is 6. The molecule has 7 heteroatoms. The van der Waals surface area contributed by atoms with Gasteiger partial charge in [0, 0.05) is 45.4 Å². The van der Waals surface area contributed by atoms with Gasteiger partial charge in [0.15, 0.2) is 0 Å². The number of amides is 3. The highest BCUT2D eigenvalue weighted by molar-refractivity contribution is 5.81. The molecule has 2 fully saturated rings. The number of ether oxygens (including phenoxy) is 1. The molecule has 1 atom stereocenters. The molecule has 0 radical (unpaired) electrons. The van der Waals surface area contributed by atoms with Crippen molar-refractivity contribution in [2.75, 3.05) is 33.9 Å². The van der Waals surface area contributed by atoms with Crippen LogP contribution < -0.4 is 5.32 Å². The molecular formula is C19H28N4O3. The molecule has 0 spiro atoms. The Labute approximate surface area is 154 Å². The van der Waals surface area contributed by atoms with Crippen molar-refractivity contribution in [2.24, 2.45) is 5.92 Å². The van der Waals surface area contributed by atoms with E-state index in [1.807, 2.05) is 23.1 Å². The lowest BCUT2D eigenvalue weighted by Gasteiger charge is -2.34. The third-order valence-electron chi connectivity index (χ3n) is 5.20. The average molecular weight is 360 g/mol. The third-order valence-corrected chi connectivity index (χ3v) is 5.20. The van der Waals surface area contributed by atoms with Crippen LogP contribution in [0.25, 0.3) is 0 Å². The number of likely N-dealkylation sites (tertiary alicyclic amines) is 1. The number of carbonyl (C=O) groups is 2. The topological polar surface area (TPSA) is 74.8 Å². The molecule has 1 aliphatic heterocycles. The van der Waals surface area contributed by atoms with E-state index in [2.05, 4.69) is 10.3 Å². The number of likely N-dealkylation sites (N-methyl/N-ethyl adjacent to an activating group) is 1. The molecule has 1 saturated carbocycles. The van der Waals surface area contributed by atoms with Crippen LogP contribution in [-0.2, 0) is 9.53 Å². The van der Waals surface area contributed by atoms with E-state index in [1.165, 1.54) is 0 Å². The van der Waals surface area contributed by atoms with Crippen LogP contribution in [0.5, 0.6) is 0 Å². The minimum atomic E-state index is -0.238. The van der Waals surface area contributed by atoms with E-state index in [-0.39, 0.29) is 24.0 Å². The van der Waals surface area contributed by atoms with Crippen molar-refractivity contribution in [1.82, 2.24) is 20.1 Å². The zero-order chi connectivity index (χ0) is 18.5. The summed E-state index contributed by atoms with van der Waals surface area (Å²) in [6.45, 7) is 1.84. The summed E-state index contributed by atoms with van der Waals surface area (Å²) in [5.41, 5.74) is 0.803. The Bertz CT molecular complexity index is 612. The lowest BCUT2D eigenvalue weighted by Crippen LogP contribution is -2.50. The quantitative estimate of drug-likeness (QED) is 0.840. The Kier molecular flexibility index (Phi) is 6.08. The molecule has 1 aromatic heterocycles. The molecule has 0 bridgehead atoms. The first kappa shape index (κ1) is 18.6. The Morgan fingerprint density at radius 3 is 2.62 bits per heavy atom. The molecule has 1 aliphatic carbocycles. The van der Waals surface area contributed by atoms with Crippen molar-refractivity contribution >= 4 is 11.9 Å². The van der Waals surface area contributed by atoms with E-state index >= 15 is 0 Å². The number of pyridine rings is 1. The number of carbonyl (C=O) groups excluding carboxylic acids is 2. The predicted octanol–water partition coefficient (Wildman–Crippen LogP) is 1.81. The van der Waals surface area contributed by atoms with E-state index in [4.69, 9.17) is 4.74 Å². The van der Waals surface area contributed by atoms with Crippen LogP contribution in [0.3, 0.4) is 0 Å². The highest BCUT2D eigenvalue weighted by Crippen LogP contribution is 2.32. The Balaban J connectivity index is 1.52. The summed E-state index contributed by atoms with van der Waals surface area (Å²) in [6.07, 6.45) is 5.40. The number of hydrogen-bond acceptors (Lipinski definition) is 4. The van der Waals surface area contributed by atoms with Crippen LogP contribution in [0.1, 0.15) is 37.4 Å². The van der Waals surface area contributed by atoms with Gasteiger partial charge in [-0.25, -0.2) is 4.79 Å². The van der Waals surface area contributed by atoms with Crippen LogP contribution in [-0.4, -0.2) is 66.6 Å². The fraction of sp³-hybridized carbons (Fsp3) is 0.632. The van der Waals surface area contributed by atoms with E-state index in [9.17, 15) is 9.59 Å². The molecule has 7 nitrogen and oxygen atoms in total. The molecule has 142 valence electrons. The van der Waals surface area contributed by atoms with Gasteiger partial charge in [-0.3, -0.25) is 9.78 Å². The summed E-state index contributed by atoms with van der Waals surface area (Å²) >= 11 is 0. The van der Waals surface area contributed by atoms with Gasteiger partial charge in [-0.2, -0.15) is 0 Å². The van der Waals surface area contributed by atoms with Crippen molar-refractivity contribution in [3.63, 3.8) is 0 Å².